The lowest BCUT2D eigenvalue weighted by atomic mass is 9.98. The first-order valence-corrected chi connectivity index (χ1v) is 5.47. The molecule has 0 bridgehead atoms. The van der Waals surface area contributed by atoms with Gasteiger partial charge >= 0.3 is 0 Å². The van der Waals surface area contributed by atoms with Gasteiger partial charge in [-0.2, -0.15) is 0 Å². The van der Waals surface area contributed by atoms with Gasteiger partial charge in [-0.1, -0.05) is 19.9 Å². The van der Waals surface area contributed by atoms with Crippen LogP contribution in [0, 0.1) is 0 Å². The summed E-state index contributed by atoms with van der Waals surface area (Å²) in [6.07, 6.45) is 2.01. The minimum atomic E-state index is 0.577. The smallest absolute Gasteiger partial charge is 0.0460 e. The second-order valence-electron chi connectivity index (χ2n) is 4.30. The number of nitrogens with one attached hydrogen (secondary N) is 2. The number of H-pyrrole nitrogens is 1. The normalized spacial score (nSPS) is 11.5. The Labute approximate surface area is 90.7 Å². The highest BCUT2D eigenvalue weighted by molar-refractivity contribution is 5.83. The van der Waals surface area contributed by atoms with Crippen molar-refractivity contribution in [1.29, 1.82) is 0 Å². The largest absolute Gasteiger partial charge is 0.361 e. The van der Waals surface area contributed by atoms with Crippen LogP contribution in [0.4, 0.5) is 0 Å². The molecule has 1 heterocycles. The number of aromatic nitrogens is 1. The quantitative estimate of drug-likeness (QED) is 0.786. The Bertz CT molecular complexity index is 455. The van der Waals surface area contributed by atoms with Crippen LogP contribution in [0.25, 0.3) is 10.9 Å². The van der Waals surface area contributed by atoms with Gasteiger partial charge in [-0.05, 0) is 36.2 Å². The molecule has 0 aliphatic heterocycles. The fourth-order valence-electron chi connectivity index (χ4n) is 1.94. The van der Waals surface area contributed by atoms with Crippen molar-refractivity contribution in [3.63, 3.8) is 0 Å². The van der Waals surface area contributed by atoms with Crippen LogP contribution in [0.1, 0.15) is 30.9 Å². The molecule has 0 amide bonds. The number of hydrogen-bond donors (Lipinski definition) is 2. The Kier molecular flexibility index (Phi) is 2.78. The Morgan fingerprint density at radius 3 is 2.80 bits per heavy atom. The Morgan fingerprint density at radius 2 is 2.13 bits per heavy atom. The molecular formula is C13H18N2. The van der Waals surface area contributed by atoms with Gasteiger partial charge in [-0.25, -0.2) is 0 Å². The van der Waals surface area contributed by atoms with E-state index in [9.17, 15) is 0 Å². The van der Waals surface area contributed by atoms with Crippen LogP contribution < -0.4 is 5.32 Å². The van der Waals surface area contributed by atoms with Crippen LogP contribution in [0.15, 0.2) is 24.4 Å². The molecule has 0 aliphatic carbocycles. The van der Waals surface area contributed by atoms with E-state index in [-0.39, 0.29) is 0 Å². The van der Waals surface area contributed by atoms with Crippen LogP contribution in [-0.2, 0) is 6.54 Å². The van der Waals surface area contributed by atoms with Crippen LogP contribution in [-0.4, -0.2) is 12.0 Å². The van der Waals surface area contributed by atoms with Crippen molar-refractivity contribution < 1.29 is 0 Å². The van der Waals surface area contributed by atoms with E-state index < -0.39 is 0 Å². The molecule has 0 atom stereocenters. The van der Waals surface area contributed by atoms with Crippen molar-refractivity contribution in [2.45, 2.75) is 26.3 Å². The second kappa shape index (κ2) is 4.07. The van der Waals surface area contributed by atoms with Gasteiger partial charge in [-0.3, -0.25) is 0 Å². The first kappa shape index (κ1) is 10.2. The van der Waals surface area contributed by atoms with Gasteiger partial charge in [0.1, 0.15) is 0 Å². The molecule has 2 N–H and O–H groups in total. The van der Waals surface area contributed by atoms with E-state index in [0.29, 0.717) is 5.92 Å². The molecule has 0 spiro atoms. The monoisotopic (exact) mass is 202 g/mol. The summed E-state index contributed by atoms with van der Waals surface area (Å²) in [6, 6.07) is 6.70. The lowest BCUT2D eigenvalue weighted by Crippen LogP contribution is -2.06. The topological polar surface area (TPSA) is 27.8 Å². The average molecular weight is 202 g/mol. The summed E-state index contributed by atoms with van der Waals surface area (Å²) < 4.78 is 0. The fraction of sp³-hybridized carbons (Fsp3) is 0.385. The summed E-state index contributed by atoms with van der Waals surface area (Å²) in [4.78, 5) is 3.29. The third kappa shape index (κ3) is 1.90. The SMILES string of the molecule is CNCc1cc(C(C)C)cc2[nH]ccc12. The lowest BCUT2D eigenvalue weighted by Gasteiger charge is -2.10. The number of hydrogen-bond acceptors (Lipinski definition) is 1. The second-order valence-corrected chi connectivity index (χ2v) is 4.30. The van der Waals surface area contributed by atoms with Gasteiger partial charge in [0, 0.05) is 23.6 Å². The molecule has 15 heavy (non-hydrogen) atoms. The van der Waals surface area contributed by atoms with Crippen molar-refractivity contribution in [3.8, 4) is 0 Å². The molecule has 1 aromatic carbocycles. The highest BCUT2D eigenvalue weighted by atomic mass is 14.8. The van der Waals surface area contributed by atoms with Crippen molar-refractivity contribution in [1.82, 2.24) is 10.3 Å². The van der Waals surface area contributed by atoms with Crippen LogP contribution in [0.5, 0.6) is 0 Å². The molecule has 0 unspecified atom stereocenters. The standard InChI is InChI=1S/C13H18N2/c1-9(2)10-6-11(8-14-3)12-4-5-15-13(12)7-10/h4-7,9,14-15H,8H2,1-3H3. The molecule has 0 fully saturated rings. The van der Waals surface area contributed by atoms with E-state index >= 15 is 0 Å². The number of aromatic amines is 1. The molecular weight excluding hydrogens is 184 g/mol. The van der Waals surface area contributed by atoms with Gasteiger partial charge in [0.15, 0.2) is 0 Å². The van der Waals surface area contributed by atoms with Gasteiger partial charge in [0.2, 0.25) is 0 Å². The van der Waals surface area contributed by atoms with Gasteiger partial charge < -0.3 is 10.3 Å². The molecule has 2 aromatic rings. The lowest BCUT2D eigenvalue weighted by molar-refractivity contribution is 0.813. The van der Waals surface area contributed by atoms with Crippen LogP contribution in [0.2, 0.25) is 0 Å². The van der Waals surface area contributed by atoms with Gasteiger partial charge in [0.25, 0.3) is 0 Å². The van der Waals surface area contributed by atoms with Crippen LogP contribution in [0.3, 0.4) is 0 Å². The molecule has 0 saturated heterocycles. The summed E-state index contributed by atoms with van der Waals surface area (Å²) in [7, 11) is 1.99. The van der Waals surface area contributed by atoms with E-state index in [0.717, 1.165) is 6.54 Å². The Morgan fingerprint density at radius 1 is 1.33 bits per heavy atom. The summed E-state index contributed by atoms with van der Waals surface area (Å²) in [5.41, 5.74) is 4.02. The minimum Gasteiger partial charge on any atom is -0.361 e. The van der Waals surface area contributed by atoms with E-state index in [1.54, 1.807) is 0 Å². The Balaban J connectivity index is 2.58. The fourth-order valence-corrected chi connectivity index (χ4v) is 1.94. The first-order chi connectivity index (χ1) is 7.22. The zero-order valence-electron chi connectivity index (χ0n) is 9.59. The first-order valence-electron chi connectivity index (χ1n) is 5.47. The molecule has 1 aromatic heterocycles. The van der Waals surface area contributed by atoms with Crippen molar-refractivity contribution in [2.24, 2.45) is 0 Å². The zero-order valence-corrected chi connectivity index (χ0v) is 9.59. The molecule has 0 aliphatic rings. The minimum absolute atomic E-state index is 0.577. The highest BCUT2D eigenvalue weighted by Gasteiger charge is 2.06. The third-order valence-electron chi connectivity index (χ3n) is 2.81. The third-order valence-corrected chi connectivity index (χ3v) is 2.81. The molecule has 2 rings (SSSR count). The van der Waals surface area contributed by atoms with Crippen LogP contribution >= 0.6 is 0 Å². The molecule has 80 valence electrons. The summed E-state index contributed by atoms with van der Waals surface area (Å²) in [5.74, 6) is 0.577. The van der Waals surface area contributed by atoms with Crippen molar-refractivity contribution >= 4 is 10.9 Å². The average Bonchev–Trinajstić information content (AvgIpc) is 2.65. The summed E-state index contributed by atoms with van der Waals surface area (Å²) >= 11 is 0. The van der Waals surface area contributed by atoms with E-state index in [2.05, 4.69) is 42.3 Å². The van der Waals surface area contributed by atoms with Gasteiger partial charge in [0.05, 0.1) is 0 Å². The highest BCUT2D eigenvalue weighted by Crippen LogP contribution is 2.24. The molecule has 2 heteroatoms. The zero-order chi connectivity index (χ0) is 10.8. The molecule has 0 radical (unpaired) electrons. The summed E-state index contributed by atoms with van der Waals surface area (Å²) in [5, 5.41) is 4.55. The van der Waals surface area contributed by atoms with Gasteiger partial charge in [-0.15, -0.1) is 0 Å². The number of rotatable bonds is 3. The number of benzene rings is 1. The maximum atomic E-state index is 3.29. The predicted molar refractivity (Wildman–Crippen MR) is 65.2 cm³/mol. The van der Waals surface area contributed by atoms with Crippen molar-refractivity contribution in [2.75, 3.05) is 7.05 Å². The number of fused-ring (bicyclic) bond motifs is 1. The summed E-state index contributed by atoms with van der Waals surface area (Å²) in [6.45, 7) is 5.38. The maximum absolute atomic E-state index is 3.29. The van der Waals surface area contributed by atoms with E-state index in [4.69, 9.17) is 0 Å². The molecule has 2 nitrogen and oxygen atoms in total. The molecule has 0 saturated carbocycles. The Hall–Kier alpha value is -1.28. The van der Waals surface area contributed by atoms with E-state index in [1.165, 1.54) is 22.0 Å². The van der Waals surface area contributed by atoms with E-state index in [1.807, 2.05) is 13.2 Å². The maximum Gasteiger partial charge on any atom is 0.0460 e. The predicted octanol–water partition coefficient (Wildman–Crippen LogP) is 3.01. The van der Waals surface area contributed by atoms with Crippen molar-refractivity contribution in [3.05, 3.63) is 35.5 Å².